The minimum atomic E-state index is -0.675. The molecule has 3 N–H and O–H groups in total. The van der Waals surface area contributed by atoms with E-state index in [2.05, 4.69) is 40.3 Å². The summed E-state index contributed by atoms with van der Waals surface area (Å²) in [6, 6.07) is 8.30. The molecule has 0 heterocycles. The summed E-state index contributed by atoms with van der Waals surface area (Å²) in [5, 5.41) is 3.10. The molecule has 1 aliphatic carbocycles. The Morgan fingerprint density at radius 1 is 1.48 bits per heavy atom. The molecule has 3 nitrogen and oxygen atoms in total. The highest BCUT2D eigenvalue weighted by Crippen LogP contribution is 2.30. The molecule has 1 aromatic carbocycles. The van der Waals surface area contributed by atoms with Gasteiger partial charge in [-0.3, -0.25) is 4.79 Å². The Bertz CT molecular complexity index is 488. The zero-order valence-corrected chi connectivity index (χ0v) is 14.4. The quantitative estimate of drug-likeness (QED) is 0.872. The van der Waals surface area contributed by atoms with Crippen molar-refractivity contribution >= 4 is 21.8 Å². The lowest BCUT2D eigenvalue weighted by molar-refractivity contribution is -0.128. The molecule has 3 unspecified atom stereocenters. The van der Waals surface area contributed by atoms with Gasteiger partial charge in [-0.2, -0.15) is 0 Å². The van der Waals surface area contributed by atoms with Crippen molar-refractivity contribution in [1.29, 1.82) is 0 Å². The first-order valence-electron chi connectivity index (χ1n) is 7.73. The Kier molecular flexibility index (Phi) is 5.44. The first-order chi connectivity index (χ1) is 9.89. The number of hydrogen-bond acceptors (Lipinski definition) is 2. The first-order valence-corrected chi connectivity index (χ1v) is 8.52. The average molecular weight is 353 g/mol. The third-order valence-electron chi connectivity index (χ3n) is 4.32. The second-order valence-corrected chi connectivity index (χ2v) is 7.48. The highest BCUT2D eigenvalue weighted by Gasteiger charge is 2.38. The maximum Gasteiger partial charge on any atom is 0.240 e. The zero-order chi connectivity index (χ0) is 15.5. The molecule has 3 atom stereocenters. The molecule has 1 amide bonds. The van der Waals surface area contributed by atoms with Crippen LogP contribution in [0, 0.1) is 5.92 Å². The van der Waals surface area contributed by atoms with Crippen LogP contribution in [0.4, 0.5) is 0 Å². The SMILES string of the molecule is CC1CCCC(N)(C(=O)NC(C)Cc2ccc(Br)cc2)C1. The monoisotopic (exact) mass is 352 g/mol. The number of halogens is 1. The van der Waals surface area contributed by atoms with Gasteiger partial charge < -0.3 is 11.1 Å². The smallest absolute Gasteiger partial charge is 0.240 e. The van der Waals surface area contributed by atoms with E-state index in [4.69, 9.17) is 5.73 Å². The molecule has 1 aromatic rings. The lowest BCUT2D eigenvalue weighted by Gasteiger charge is -2.36. The van der Waals surface area contributed by atoms with Crippen LogP contribution < -0.4 is 11.1 Å². The van der Waals surface area contributed by atoms with Gasteiger partial charge in [0, 0.05) is 10.5 Å². The Morgan fingerprint density at radius 3 is 2.76 bits per heavy atom. The standard InChI is InChI=1S/C17H25BrN2O/c1-12-4-3-9-17(19,11-12)16(21)20-13(2)10-14-5-7-15(18)8-6-14/h5-8,12-13H,3-4,9-11,19H2,1-2H3,(H,20,21). The van der Waals surface area contributed by atoms with Crippen molar-refractivity contribution in [2.24, 2.45) is 11.7 Å². The van der Waals surface area contributed by atoms with Crippen LogP contribution in [-0.4, -0.2) is 17.5 Å². The molecular weight excluding hydrogens is 328 g/mol. The molecule has 1 aliphatic rings. The summed E-state index contributed by atoms with van der Waals surface area (Å²) in [6.45, 7) is 4.22. The van der Waals surface area contributed by atoms with E-state index in [1.165, 1.54) is 12.0 Å². The molecule has 1 fully saturated rings. The van der Waals surface area contributed by atoms with E-state index in [1.54, 1.807) is 0 Å². The van der Waals surface area contributed by atoms with E-state index >= 15 is 0 Å². The summed E-state index contributed by atoms with van der Waals surface area (Å²) in [5.41, 5.74) is 6.88. The highest BCUT2D eigenvalue weighted by molar-refractivity contribution is 9.10. The van der Waals surface area contributed by atoms with Gasteiger partial charge in [0.15, 0.2) is 0 Å². The van der Waals surface area contributed by atoms with Crippen molar-refractivity contribution in [3.63, 3.8) is 0 Å². The summed E-state index contributed by atoms with van der Waals surface area (Å²) in [6.07, 6.45) is 4.65. The molecule has 116 valence electrons. The Hall–Kier alpha value is -0.870. The topological polar surface area (TPSA) is 55.1 Å². The number of hydrogen-bond donors (Lipinski definition) is 2. The van der Waals surface area contributed by atoms with Crippen LogP contribution in [0.3, 0.4) is 0 Å². The average Bonchev–Trinajstić information content (AvgIpc) is 2.41. The van der Waals surface area contributed by atoms with Crippen molar-refractivity contribution in [2.45, 2.75) is 57.5 Å². The molecule has 0 spiro atoms. The van der Waals surface area contributed by atoms with Crippen molar-refractivity contribution in [2.75, 3.05) is 0 Å². The third-order valence-corrected chi connectivity index (χ3v) is 4.85. The molecule has 0 aliphatic heterocycles. The van der Waals surface area contributed by atoms with Gasteiger partial charge in [0.1, 0.15) is 0 Å². The number of nitrogens with two attached hydrogens (primary N) is 1. The lowest BCUT2D eigenvalue weighted by Crippen LogP contribution is -2.58. The van der Waals surface area contributed by atoms with E-state index in [9.17, 15) is 4.79 Å². The molecule has 4 heteroatoms. The number of carbonyl (C=O) groups is 1. The molecule has 0 bridgehead atoms. The van der Waals surface area contributed by atoms with Crippen LogP contribution in [0.5, 0.6) is 0 Å². The molecular formula is C17H25BrN2O. The normalized spacial score (nSPS) is 27.1. The summed E-state index contributed by atoms with van der Waals surface area (Å²) in [7, 11) is 0. The number of carbonyl (C=O) groups excluding carboxylic acids is 1. The van der Waals surface area contributed by atoms with Gasteiger partial charge >= 0.3 is 0 Å². The predicted molar refractivity (Wildman–Crippen MR) is 90.0 cm³/mol. The second kappa shape index (κ2) is 6.93. The van der Waals surface area contributed by atoms with E-state index in [0.29, 0.717) is 5.92 Å². The maximum absolute atomic E-state index is 12.5. The van der Waals surface area contributed by atoms with Crippen LogP contribution in [0.2, 0.25) is 0 Å². The number of amides is 1. The fourth-order valence-electron chi connectivity index (χ4n) is 3.19. The van der Waals surface area contributed by atoms with Crippen molar-refractivity contribution in [3.8, 4) is 0 Å². The summed E-state index contributed by atoms with van der Waals surface area (Å²) in [4.78, 5) is 12.5. The van der Waals surface area contributed by atoms with Crippen LogP contribution >= 0.6 is 15.9 Å². The van der Waals surface area contributed by atoms with Gasteiger partial charge in [0.05, 0.1) is 5.54 Å². The number of nitrogens with one attached hydrogen (secondary N) is 1. The van der Waals surface area contributed by atoms with Crippen LogP contribution in [-0.2, 0) is 11.2 Å². The lowest BCUT2D eigenvalue weighted by atomic mass is 9.76. The number of rotatable bonds is 4. The van der Waals surface area contributed by atoms with Gasteiger partial charge in [-0.25, -0.2) is 0 Å². The number of benzene rings is 1. The minimum Gasteiger partial charge on any atom is -0.352 e. The first kappa shape index (κ1) is 16.5. The van der Waals surface area contributed by atoms with Gasteiger partial charge in [-0.05, 0) is 49.8 Å². The van der Waals surface area contributed by atoms with Crippen LogP contribution in [0.1, 0.15) is 45.1 Å². The Morgan fingerprint density at radius 2 is 2.14 bits per heavy atom. The van der Waals surface area contributed by atoms with Gasteiger partial charge in [0.2, 0.25) is 5.91 Å². The van der Waals surface area contributed by atoms with Crippen LogP contribution in [0.15, 0.2) is 28.7 Å². The van der Waals surface area contributed by atoms with E-state index in [-0.39, 0.29) is 11.9 Å². The fourth-order valence-corrected chi connectivity index (χ4v) is 3.46. The largest absolute Gasteiger partial charge is 0.352 e. The Balaban J connectivity index is 1.91. The molecule has 0 radical (unpaired) electrons. The predicted octanol–water partition coefficient (Wildman–Crippen LogP) is 3.40. The molecule has 0 aromatic heterocycles. The van der Waals surface area contributed by atoms with Gasteiger partial charge in [0.25, 0.3) is 0 Å². The molecule has 21 heavy (non-hydrogen) atoms. The van der Waals surface area contributed by atoms with E-state index in [1.807, 2.05) is 19.1 Å². The van der Waals surface area contributed by atoms with Gasteiger partial charge in [-0.1, -0.05) is 47.8 Å². The fraction of sp³-hybridized carbons (Fsp3) is 0.588. The van der Waals surface area contributed by atoms with Crippen molar-refractivity contribution < 1.29 is 4.79 Å². The summed E-state index contributed by atoms with van der Waals surface area (Å²) >= 11 is 3.43. The maximum atomic E-state index is 12.5. The molecule has 1 saturated carbocycles. The molecule has 0 saturated heterocycles. The zero-order valence-electron chi connectivity index (χ0n) is 12.9. The Labute approximate surface area is 135 Å². The van der Waals surface area contributed by atoms with Crippen molar-refractivity contribution in [1.82, 2.24) is 5.32 Å². The van der Waals surface area contributed by atoms with E-state index < -0.39 is 5.54 Å². The van der Waals surface area contributed by atoms with Gasteiger partial charge in [-0.15, -0.1) is 0 Å². The second-order valence-electron chi connectivity index (χ2n) is 6.56. The summed E-state index contributed by atoms with van der Waals surface area (Å²) in [5.74, 6) is 0.551. The van der Waals surface area contributed by atoms with E-state index in [0.717, 1.165) is 30.2 Å². The van der Waals surface area contributed by atoms with Crippen LogP contribution in [0.25, 0.3) is 0 Å². The van der Waals surface area contributed by atoms with Crippen molar-refractivity contribution in [3.05, 3.63) is 34.3 Å². The minimum absolute atomic E-state index is 0.0126. The third kappa shape index (κ3) is 4.55. The highest BCUT2D eigenvalue weighted by atomic mass is 79.9. The summed E-state index contributed by atoms with van der Waals surface area (Å²) < 4.78 is 1.07. The molecule has 2 rings (SSSR count).